The molecule has 5 aromatic carbocycles. The van der Waals surface area contributed by atoms with Crippen molar-refractivity contribution in [1.29, 1.82) is 0 Å². The maximum Gasteiger partial charge on any atom is 0.339 e. The molecule has 0 aliphatic carbocycles. The second kappa shape index (κ2) is 12.4. The first-order chi connectivity index (χ1) is 21.8. The van der Waals surface area contributed by atoms with E-state index in [0.717, 1.165) is 28.5 Å². The minimum atomic E-state index is -0.948. The number of phenolic OH excluding ortho intramolecular Hbond substituents is 4. The predicted octanol–water partition coefficient (Wildman–Crippen LogP) is 6.20. The number of aromatic hydroxyl groups is 4. The molecule has 0 saturated heterocycles. The molecule has 1 heterocycles. The van der Waals surface area contributed by atoms with Crippen molar-refractivity contribution in [2.75, 3.05) is 13.2 Å². The number of ether oxygens (including phenoxy) is 4. The van der Waals surface area contributed by atoms with Gasteiger partial charge < -0.3 is 39.4 Å². The number of hydrogen-bond donors (Lipinski definition) is 4. The fourth-order valence-corrected chi connectivity index (χ4v) is 5.14. The average Bonchev–Trinajstić information content (AvgIpc) is 3.06. The van der Waals surface area contributed by atoms with E-state index in [-0.39, 0.29) is 55.1 Å². The first-order valence-electron chi connectivity index (χ1n) is 14.1. The molecule has 0 amide bonds. The van der Waals surface area contributed by atoms with Crippen LogP contribution in [-0.2, 0) is 22.7 Å². The Hall–Kier alpha value is -5.90. The third-order valence-corrected chi connectivity index (χ3v) is 7.34. The predicted molar refractivity (Wildman–Crippen MR) is 163 cm³/mol. The highest BCUT2D eigenvalue weighted by Gasteiger charge is 2.33. The lowest BCUT2D eigenvalue weighted by Crippen LogP contribution is -2.10. The monoisotopic (exact) mass is 608 g/mol. The Bertz CT molecular complexity index is 1920. The summed E-state index contributed by atoms with van der Waals surface area (Å²) < 4.78 is 22.2. The van der Waals surface area contributed by atoms with Crippen LogP contribution < -0.4 is 9.47 Å². The van der Waals surface area contributed by atoms with Crippen molar-refractivity contribution in [1.82, 2.24) is 0 Å². The fourth-order valence-electron chi connectivity index (χ4n) is 5.14. The number of phenols is 4. The van der Waals surface area contributed by atoms with Gasteiger partial charge in [-0.05, 0) is 40.1 Å². The fraction of sp³-hybridized carbons (Fsp3) is 0.143. The highest BCUT2D eigenvalue weighted by molar-refractivity contribution is 6.08. The SMILES string of the molecule is O=C1OCCCOC(=O)c2cc(O)c(OCc3ccc4ccccc4c3)c(O)c2-c2c1cc(O)c(OCc1ccccc1)c2O. The van der Waals surface area contributed by atoms with E-state index in [2.05, 4.69) is 0 Å². The molecule has 45 heavy (non-hydrogen) atoms. The molecular formula is C35H28O10. The van der Waals surface area contributed by atoms with Crippen LogP contribution in [0.3, 0.4) is 0 Å². The Morgan fingerprint density at radius 3 is 1.67 bits per heavy atom. The van der Waals surface area contributed by atoms with Gasteiger partial charge in [-0.3, -0.25) is 0 Å². The van der Waals surface area contributed by atoms with Gasteiger partial charge in [-0.15, -0.1) is 0 Å². The Kier molecular flexibility index (Phi) is 8.03. The second-order valence-corrected chi connectivity index (χ2v) is 10.4. The highest BCUT2D eigenvalue weighted by Crippen LogP contribution is 2.53. The van der Waals surface area contributed by atoms with Gasteiger partial charge in [0.25, 0.3) is 0 Å². The van der Waals surface area contributed by atoms with Crippen molar-refractivity contribution in [3.63, 3.8) is 0 Å². The Morgan fingerprint density at radius 1 is 0.578 bits per heavy atom. The van der Waals surface area contributed by atoms with Gasteiger partial charge in [0.15, 0.2) is 23.0 Å². The number of carbonyl (C=O) groups is 2. The van der Waals surface area contributed by atoms with E-state index in [1.165, 1.54) is 0 Å². The smallest absolute Gasteiger partial charge is 0.339 e. The van der Waals surface area contributed by atoms with E-state index < -0.39 is 46.4 Å². The van der Waals surface area contributed by atoms with Crippen LogP contribution in [-0.4, -0.2) is 45.6 Å². The summed E-state index contributed by atoms with van der Waals surface area (Å²) in [5, 5.41) is 46.9. The lowest BCUT2D eigenvalue weighted by Gasteiger charge is -2.20. The molecule has 4 N–H and O–H groups in total. The van der Waals surface area contributed by atoms with Crippen LogP contribution in [0, 0.1) is 0 Å². The summed E-state index contributed by atoms with van der Waals surface area (Å²) in [6.07, 6.45) is 0.156. The third-order valence-electron chi connectivity index (χ3n) is 7.34. The maximum absolute atomic E-state index is 13.2. The van der Waals surface area contributed by atoms with Crippen LogP contribution in [0.2, 0.25) is 0 Å². The molecular weight excluding hydrogens is 580 g/mol. The van der Waals surface area contributed by atoms with E-state index in [1.54, 1.807) is 24.3 Å². The first kappa shape index (κ1) is 29.2. The standard InChI is InChI=1S/C35H28O10/c36-26-16-24-28(30(38)32(26)44-18-20-7-2-1-3-8-20)29-25(35(41)43-14-6-13-42-34(24)40)17-27(37)33(31(29)39)45-19-21-11-12-22-9-4-5-10-23(22)15-21/h1-5,7-12,15-17,36-39H,6,13-14,18-19H2. The van der Waals surface area contributed by atoms with Crippen LogP contribution in [0.25, 0.3) is 21.9 Å². The molecule has 0 spiro atoms. The zero-order chi connectivity index (χ0) is 31.5. The molecule has 0 radical (unpaired) electrons. The molecule has 0 fully saturated rings. The Balaban J connectivity index is 1.49. The highest BCUT2D eigenvalue weighted by atomic mass is 16.5. The molecule has 0 saturated carbocycles. The molecule has 6 rings (SSSR count). The van der Waals surface area contributed by atoms with E-state index >= 15 is 0 Å². The quantitative estimate of drug-likeness (QED) is 0.164. The van der Waals surface area contributed by atoms with Crippen molar-refractivity contribution >= 4 is 22.7 Å². The second-order valence-electron chi connectivity index (χ2n) is 10.4. The van der Waals surface area contributed by atoms with Crippen molar-refractivity contribution in [2.45, 2.75) is 19.6 Å². The number of esters is 2. The minimum absolute atomic E-state index is 0.0677. The van der Waals surface area contributed by atoms with E-state index in [1.807, 2.05) is 48.5 Å². The van der Waals surface area contributed by atoms with Gasteiger partial charge in [-0.25, -0.2) is 9.59 Å². The lowest BCUT2D eigenvalue weighted by molar-refractivity contribution is 0.0398. The van der Waals surface area contributed by atoms with Crippen LogP contribution in [0.5, 0.6) is 34.5 Å². The van der Waals surface area contributed by atoms with Crippen molar-refractivity contribution < 1.29 is 49.0 Å². The molecule has 1 aliphatic rings. The number of cyclic esters (lactones) is 2. The third kappa shape index (κ3) is 5.85. The van der Waals surface area contributed by atoms with Crippen molar-refractivity contribution in [2.24, 2.45) is 0 Å². The van der Waals surface area contributed by atoms with Gasteiger partial charge in [0.05, 0.1) is 24.3 Å². The van der Waals surface area contributed by atoms with Crippen LogP contribution in [0.1, 0.15) is 38.3 Å². The molecule has 1 aliphatic heterocycles. The van der Waals surface area contributed by atoms with Crippen LogP contribution in [0.4, 0.5) is 0 Å². The van der Waals surface area contributed by atoms with Crippen LogP contribution >= 0.6 is 0 Å². The van der Waals surface area contributed by atoms with E-state index in [0.29, 0.717) is 5.56 Å². The summed E-state index contributed by atoms with van der Waals surface area (Å²) in [5.74, 6) is -5.40. The summed E-state index contributed by atoms with van der Waals surface area (Å²) >= 11 is 0. The molecule has 10 heteroatoms. The Morgan fingerprint density at radius 2 is 1.09 bits per heavy atom. The molecule has 5 aromatic rings. The van der Waals surface area contributed by atoms with E-state index in [4.69, 9.17) is 18.9 Å². The van der Waals surface area contributed by atoms with Gasteiger partial charge in [0.1, 0.15) is 13.2 Å². The van der Waals surface area contributed by atoms with Crippen molar-refractivity contribution in [3.8, 4) is 45.6 Å². The molecule has 0 bridgehead atoms. The number of rotatable bonds is 6. The number of hydrogen-bond acceptors (Lipinski definition) is 10. The number of benzene rings is 5. The zero-order valence-electron chi connectivity index (χ0n) is 23.9. The topological polar surface area (TPSA) is 152 Å². The largest absolute Gasteiger partial charge is 0.504 e. The minimum Gasteiger partial charge on any atom is -0.504 e. The molecule has 10 nitrogen and oxygen atoms in total. The van der Waals surface area contributed by atoms with E-state index in [9.17, 15) is 30.0 Å². The van der Waals surface area contributed by atoms with Gasteiger partial charge in [-0.2, -0.15) is 0 Å². The van der Waals surface area contributed by atoms with Gasteiger partial charge in [0.2, 0.25) is 11.5 Å². The summed E-state index contributed by atoms with van der Waals surface area (Å²) in [7, 11) is 0. The van der Waals surface area contributed by atoms with Crippen molar-refractivity contribution in [3.05, 3.63) is 107 Å². The van der Waals surface area contributed by atoms with Gasteiger partial charge >= 0.3 is 11.9 Å². The zero-order valence-corrected chi connectivity index (χ0v) is 23.9. The Labute approximate surface area is 257 Å². The van der Waals surface area contributed by atoms with Crippen LogP contribution in [0.15, 0.2) is 84.9 Å². The normalized spacial score (nSPS) is 13.2. The number of carbonyl (C=O) groups excluding carboxylic acids is 2. The molecule has 228 valence electrons. The lowest BCUT2D eigenvalue weighted by atomic mass is 9.91. The summed E-state index contributed by atoms with van der Waals surface area (Å²) in [6, 6.07) is 24.3. The molecule has 0 atom stereocenters. The summed E-state index contributed by atoms with van der Waals surface area (Å²) in [5.41, 5.74) is -0.0707. The molecule has 0 unspecified atom stereocenters. The first-order valence-corrected chi connectivity index (χ1v) is 14.1. The molecule has 0 aromatic heterocycles. The summed E-state index contributed by atoms with van der Waals surface area (Å²) in [4.78, 5) is 26.5. The summed E-state index contributed by atoms with van der Waals surface area (Å²) in [6.45, 7) is -0.418. The number of fused-ring (bicyclic) bond motifs is 4. The van der Waals surface area contributed by atoms with Gasteiger partial charge in [0, 0.05) is 17.5 Å². The van der Waals surface area contributed by atoms with Gasteiger partial charge in [-0.1, -0.05) is 66.7 Å². The maximum atomic E-state index is 13.2. The average molecular weight is 609 g/mol.